The minimum atomic E-state index is -0.509. The van der Waals surface area contributed by atoms with Gasteiger partial charge < -0.3 is 4.74 Å². The van der Waals surface area contributed by atoms with Crippen LogP contribution in [-0.2, 0) is 0 Å². The SMILES string of the molecule is CCOc1ccc(-c2ccc(Cl)c(F)c2)c(C=O)c1. The quantitative estimate of drug-likeness (QED) is 0.777. The van der Waals surface area contributed by atoms with Crippen molar-refractivity contribution in [2.75, 3.05) is 6.61 Å². The van der Waals surface area contributed by atoms with Crippen LogP contribution >= 0.6 is 11.6 Å². The molecule has 2 aromatic rings. The molecule has 0 aliphatic carbocycles. The van der Waals surface area contributed by atoms with Gasteiger partial charge in [0.2, 0.25) is 0 Å². The summed E-state index contributed by atoms with van der Waals surface area (Å²) in [7, 11) is 0. The summed E-state index contributed by atoms with van der Waals surface area (Å²) in [4.78, 5) is 11.1. The van der Waals surface area contributed by atoms with Gasteiger partial charge in [0.1, 0.15) is 11.6 Å². The molecule has 4 heteroatoms. The van der Waals surface area contributed by atoms with Crippen LogP contribution in [0.3, 0.4) is 0 Å². The highest BCUT2D eigenvalue weighted by Crippen LogP contribution is 2.29. The number of aldehydes is 1. The Labute approximate surface area is 115 Å². The van der Waals surface area contributed by atoms with E-state index in [-0.39, 0.29) is 5.02 Å². The Morgan fingerprint density at radius 3 is 2.68 bits per heavy atom. The van der Waals surface area contributed by atoms with Crippen LogP contribution in [0.4, 0.5) is 4.39 Å². The molecule has 0 amide bonds. The molecule has 2 rings (SSSR count). The number of carbonyl (C=O) groups excluding carboxylic acids is 1. The van der Waals surface area contributed by atoms with Gasteiger partial charge in [-0.2, -0.15) is 0 Å². The van der Waals surface area contributed by atoms with E-state index in [0.29, 0.717) is 29.0 Å². The monoisotopic (exact) mass is 278 g/mol. The van der Waals surface area contributed by atoms with Crippen LogP contribution in [0.1, 0.15) is 17.3 Å². The number of rotatable bonds is 4. The van der Waals surface area contributed by atoms with Crippen LogP contribution in [-0.4, -0.2) is 12.9 Å². The third-order valence-corrected chi connectivity index (χ3v) is 3.00. The first kappa shape index (κ1) is 13.6. The molecule has 0 saturated carbocycles. The Hall–Kier alpha value is -1.87. The zero-order chi connectivity index (χ0) is 13.8. The number of carbonyl (C=O) groups is 1. The van der Waals surface area contributed by atoms with E-state index < -0.39 is 5.82 Å². The second kappa shape index (κ2) is 5.85. The number of benzene rings is 2. The second-order valence-corrected chi connectivity index (χ2v) is 4.34. The third kappa shape index (κ3) is 2.93. The maximum atomic E-state index is 13.5. The first-order valence-corrected chi connectivity index (χ1v) is 6.21. The van der Waals surface area contributed by atoms with Gasteiger partial charge in [0.15, 0.2) is 6.29 Å². The molecule has 0 heterocycles. The molecule has 0 fully saturated rings. The van der Waals surface area contributed by atoms with E-state index >= 15 is 0 Å². The second-order valence-electron chi connectivity index (χ2n) is 3.93. The summed E-state index contributed by atoms with van der Waals surface area (Å²) in [6, 6.07) is 9.57. The van der Waals surface area contributed by atoms with Gasteiger partial charge in [-0.1, -0.05) is 17.7 Å². The normalized spacial score (nSPS) is 10.3. The summed E-state index contributed by atoms with van der Waals surface area (Å²) in [5.41, 5.74) is 1.70. The number of ether oxygens (including phenoxy) is 1. The fraction of sp³-hybridized carbons (Fsp3) is 0.133. The highest BCUT2D eigenvalue weighted by Gasteiger charge is 2.09. The standard InChI is InChI=1S/C15H12ClFO2/c1-2-19-12-4-5-13(11(7-12)9-18)10-3-6-14(16)15(17)8-10/h3-9H,2H2,1H3. The Balaban J connectivity index is 2.49. The fourth-order valence-corrected chi connectivity index (χ4v) is 1.94. The molecule has 0 saturated heterocycles. The van der Waals surface area contributed by atoms with E-state index in [4.69, 9.17) is 16.3 Å². The molecule has 0 bridgehead atoms. The number of hydrogen-bond acceptors (Lipinski definition) is 2. The van der Waals surface area contributed by atoms with Crippen LogP contribution < -0.4 is 4.74 Å². The van der Waals surface area contributed by atoms with E-state index in [1.54, 1.807) is 24.3 Å². The largest absolute Gasteiger partial charge is 0.494 e. The van der Waals surface area contributed by atoms with Gasteiger partial charge in [-0.3, -0.25) is 4.79 Å². The Kier molecular flexibility index (Phi) is 4.17. The summed E-state index contributed by atoms with van der Waals surface area (Å²) >= 11 is 5.64. The average molecular weight is 279 g/mol. The highest BCUT2D eigenvalue weighted by atomic mass is 35.5. The maximum Gasteiger partial charge on any atom is 0.150 e. The van der Waals surface area contributed by atoms with Gasteiger partial charge in [-0.15, -0.1) is 0 Å². The molecule has 0 aliphatic rings. The molecular formula is C15H12ClFO2. The lowest BCUT2D eigenvalue weighted by Crippen LogP contribution is -1.94. The number of hydrogen-bond donors (Lipinski definition) is 0. The molecule has 0 unspecified atom stereocenters. The zero-order valence-corrected chi connectivity index (χ0v) is 11.1. The minimum absolute atomic E-state index is 0.0577. The summed E-state index contributed by atoms with van der Waals surface area (Å²) in [6.45, 7) is 2.39. The maximum absolute atomic E-state index is 13.5. The van der Waals surface area contributed by atoms with Gasteiger partial charge in [0.25, 0.3) is 0 Å². The summed E-state index contributed by atoms with van der Waals surface area (Å²) in [6.07, 6.45) is 0.727. The summed E-state index contributed by atoms with van der Waals surface area (Å²) in [5.74, 6) is 0.104. The van der Waals surface area contributed by atoms with Crippen LogP contribution in [0.15, 0.2) is 36.4 Å². The molecule has 98 valence electrons. The van der Waals surface area contributed by atoms with Crippen molar-refractivity contribution in [2.45, 2.75) is 6.92 Å². The topological polar surface area (TPSA) is 26.3 Å². The molecule has 0 radical (unpaired) electrons. The van der Waals surface area contributed by atoms with Crippen LogP contribution in [0.5, 0.6) is 5.75 Å². The average Bonchev–Trinajstić information content (AvgIpc) is 2.42. The smallest absolute Gasteiger partial charge is 0.150 e. The first-order chi connectivity index (χ1) is 9.15. The summed E-state index contributed by atoms with van der Waals surface area (Å²) in [5, 5.41) is 0.0577. The molecular weight excluding hydrogens is 267 g/mol. The molecule has 2 nitrogen and oxygen atoms in total. The van der Waals surface area contributed by atoms with E-state index in [1.807, 2.05) is 6.92 Å². The fourth-order valence-electron chi connectivity index (χ4n) is 1.82. The summed E-state index contributed by atoms with van der Waals surface area (Å²) < 4.78 is 18.8. The van der Waals surface area contributed by atoms with Gasteiger partial charge in [-0.05, 0) is 48.4 Å². The van der Waals surface area contributed by atoms with Crippen LogP contribution in [0, 0.1) is 5.82 Å². The Morgan fingerprint density at radius 1 is 1.26 bits per heavy atom. The van der Waals surface area contributed by atoms with Crippen molar-refractivity contribution in [3.63, 3.8) is 0 Å². The van der Waals surface area contributed by atoms with Crippen molar-refractivity contribution in [3.05, 3.63) is 52.8 Å². The molecule has 0 aliphatic heterocycles. The van der Waals surface area contributed by atoms with Gasteiger partial charge in [0, 0.05) is 5.56 Å². The molecule has 0 spiro atoms. The predicted octanol–water partition coefficient (Wildman–Crippen LogP) is 4.36. The van der Waals surface area contributed by atoms with Crippen molar-refractivity contribution in [1.29, 1.82) is 0 Å². The van der Waals surface area contributed by atoms with Gasteiger partial charge in [0.05, 0.1) is 11.6 Å². The lowest BCUT2D eigenvalue weighted by atomic mass is 10.00. The minimum Gasteiger partial charge on any atom is -0.494 e. The van der Waals surface area contributed by atoms with E-state index in [0.717, 1.165) is 6.29 Å². The number of halogens is 2. The molecule has 0 aromatic heterocycles. The first-order valence-electron chi connectivity index (χ1n) is 5.83. The highest BCUT2D eigenvalue weighted by molar-refractivity contribution is 6.30. The van der Waals surface area contributed by atoms with E-state index in [9.17, 15) is 9.18 Å². The lowest BCUT2D eigenvalue weighted by molar-refractivity contribution is 0.112. The van der Waals surface area contributed by atoms with Gasteiger partial charge >= 0.3 is 0 Å². The van der Waals surface area contributed by atoms with E-state index in [2.05, 4.69) is 0 Å². The Morgan fingerprint density at radius 2 is 2.05 bits per heavy atom. The Bertz CT molecular complexity index is 611. The molecule has 2 aromatic carbocycles. The van der Waals surface area contributed by atoms with E-state index in [1.165, 1.54) is 12.1 Å². The van der Waals surface area contributed by atoms with Crippen LogP contribution in [0.2, 0.25) is 5.02 Å². The van der Waals surface area contributed by atoms with Crippen molar-refractivity contribution in [3.8, 4) is 16.9 Å². The molecule has 19 heavy (non-hydrogen) atoms. The molecule has 0 atom stereocenters. The van der Waals surface area contributed by atoms with Gasteiger partial charge in [-0.25, -0.2) is 4.39 Å². The van der Waals surface area contributed by atoms with Crippen molar-refractivity contribution >= 4 is 17.9 Å². The van der Waals surface area contributed by atoms with Crippen molar-refractivity contribution in [1.82, 2.24) is 0 Å². The molecule has 0 N–H and O–H groups in total. The zero-order valence-electron chi connectivity index (χ0n) is 10.3. The predicted molar refractivity (Wildman–Crippen MR) is 73.4 cm³/mol. The van der Waals surface area contributed by atoms with Crippen molar-refractivity contribution < 1.29 is 13.9 Å². The lowest BCUT2D eigenvalue weighted by Gasteiger charge is -2.09. The van der Waals surface area contributed by atoms with Crippen LogP contribution in [0.25, 0.3) is 11.1 Å². The third-order valence-electron chi connectivity index (χ3n) is 2.69. The van der Waals surface area contributed by atoms with Crippen molar-refractivity contribution in [2.24, 2.45) is 0 Å².